The molecule has 1 heterocycles. The number of likely N-dealkylation sites (tertiary alicyclic amines) is 1. The molecule has 7 heteroatoms. The van der Waals surface area contributed by atoms with E-state index < -0.39 is 0 Å². The van der Waals surface area contributed by atoms with Gasteiger partial charge in [-0.2, -0.15) is 0 Å². The molecule has 0 unspecified atom stereocenters. The minimum atomic E-state index is -0.357. The third-order valence-corrected chi connectivity index (χ3v) is 3.92. The van der Waals surface area contributed by atoms with Crippen LogP contribution in [0.1, 0.15) is 12.0 Å². The van der Waals surface area contributed by atoms with Crippen molar-refractivity contribution in [2.45, 2.75) is 13.0 Å². The second-order valence-electron chi connectivity index (χ2n) is 6.07. The highest BCUT2D eigenvalue weighted by molar-refractivity contribution is 5.89. The largest absolute Gasteiger partial charge is 0.508 e. The van der Waals surface area contributed by atoms with Crippen LogP contribution in [0, 0.1) is 5.92 Å². The van der Waals surface area contributed by atoms with Crippen molar-refractivity contribution in [2.24, 2.45) is 5.92 Å². The van der Waals surface area contributed by atoms with Gasteiger partial charge in [-0.05, 0) is 26.2 Å². The molecule has 0 saturated carbocycles. The van der Waals surface area contributed by atoms with Gasteiger partial charge in [-0.15, -0.1) is 0 Å². The smallest absolute Gasteiger partial charge is 0.225 e. The maximum absolute atomic E-state index is 12.2. The Balaban J connectivity index is 1.85. The predicted octanol–water partition coefficient (Wildman–Crippen LogP) is 0.124. The van der Waals surface area contributed by atoms with Crippen molar-refractivity contribution in [3.63, 3.8) is 0 Å². The molecule has 1 aromatic carbocycles. The minimum absolute atomic E-state index is 0.000481. The number of amides is 2. The predicted molar refractivity (Wildman–Crippen MR) is 84.9 cm³/mol. The van der Waals surface area contributed by atoms with E-state index in [-0.39, 0.29) is 42.2 Å². The van der Waals surface area contributed by atoms with Gasteiger partial charge in [-0.3, -0.25) is 9.59 Å². The maximum atomic E-state index is 12.2. The monoisotopic (exact) mass is 321 g/mol. The van der Waals surface area contributed by atoms with Crippen LogP contribution in [0.5, 0.6) is 11.5 Å². The van der Waals surface area contributed by atoms with Gasteiger partial charge >= 0.3 is 0 Å². The van der Waals surface area contributed by atoms with Crippen molar-refractivity contribution in [3.05, 3.63) is 23.8 Å². The topological polar surface area (TPSA) is 93.1 Å². The van der Waals surface area contributed by atoms with Gasteiger partial charge in [0, 0.05) is 44.2 Å². The van der Waals surface area contributed by atoms with E-state index in [2.05, 4.69) is 5.32 Å². The molecular formula is C16H23N3O4. The van der Waals surface area contributed by atoms with Crippen LogP contribution in [0.2, 0.25) is 0 Å². The average Bonchev–Trinajstić information content (AvgIpc) is 2.85. The van der Waals surface area contributed by atoms with Crippen molar-refractivity contribution >= 4 is 11.8 Å². The van der Waals surface area contributed by atoms with Gasteiger partial charge in [-0.1, -0.05) is 0 Å². The van der Waals surface area contributed by atoms with Crippen molar-refractivity contribution < 1.29 is 19.8 Å². The molecule has 0 bridgehead atoms. The van der Waals surface area contributed by atoms with E-state index in [1.807, 2.05) is 19.0 Å². The zero-order valence-corrected chi connectivity index (χ0v) is 13.5. The molecule has 7 nitrogen and oxygen atoms in total. The van der Waals surface area contributed by atoms with Crippen molar-refractivity contribution in [1.29, 1.82) is 0 Å². The third-order valence-electron chi connectivity index (χ3n) is 3.92. The van der Waals surface area contributed by atoms with E-state index >= 15 is 0 Å². The average molecular weight is 321 g/mol. The first-order chi connectivity index (χ1) is 10.9. The normalized spacial score (nSPS) is 17.8. The Kier molecular flexibility index (Phi) is 5.44. The van der Waals surface area contributed by atoms with E-state index in [1.165, 1.54) is 12.1 Å². The number of aromatic hydroxyl groups is 2. The molecular weight excluding hydrogens is 298 g/mol. The van der Waals surface area contributed by atoms with E-state index in [1.54, 1.807) is 11.0 Å². The zero-order valence-electron chi connectivity index (χ0n) is 13.5. The van der Waals surface area contributed by atoms with Crippen LogP contribution < -0.4 is 5.32 Å². The number of nitrogens with one attached hydrogen (secondary N) is 1. The molecule has 0 radical (unpaired) electrons. The lowest BCUT2D eigenvalue weighted by Crippen LogP contribution is -2.35. The molecule has 1 aliphatic heterocycles. The van der Waals surface area contributed by atoms with Crippen LogP contribution in [0.25, 0.3) is 0 Å². The SMILES string of the molecule is CN(C)CCN1C[C@H](C(=O)NCc2ccc(O)cc2O)CC1=O. The molecule has 0 aromatic heterocycles. The van der Waals surface area contributed by atoms with Gasteiger partial charge in [0.25, 0.3) is 0 Å². The number of phenols is 2. The van der Waals surface area contributed by atoms with Gasteiger partial charge in [0.2, 0.25) is 11.8 Å². The number of carbonyl (C=O) groups excluding carboxylic acids is 2. The molecule has 2 rings (SSSR count). The summed E-state index contributed by atoms with van der Waals surface area (Å²) in [6.45, 7) is 1.98. The highest BCUT2D eigenvalue weighted by atomic mass is 16.3. The van der Waals surface area contributed by atoms with Crippen LogP contribution in [-0.4, -0.2) is 65.6 Å². The summed E-state index contributed by atoms with van der Waals surface area (Å²) in [7, 11) is 3.88. The lowest BCUT2D eigenvalue weighted by molar-refractivity contribution is -0.129. The summed E-state index contributed by atoms with van der Waals surface area (Å²) < 4.78 is 0. The van der Waals surface area contributed by atoms with Gasteiger partial charge in [0.15, 0.2) is 0 Å². The zero-order chi connectivity index (χ0) is 17.0. The summed E-state index contributed by atoms with van der Waals surface area (Å²) >= 11 is 0. The van der Waals surface area contributed by atoms with Crippen LogP contribution >= 0.6 is 0 Å². The third kappa shape index (κ3) is 4.59. The van der Waals surface area contributed by atoms with Gasteiger partial charge < -0.3 is 25.3 Å². The summed E-state index contributed by atoms with van der Waals surface area (Å²) in [5, 5.41) is 21.7. The Morgan fingerprint density at radius 1 is 1.39 bits per heavy atom. The molecule has 126 valence electrons. The molecule has 1 fully saturated rings. The maximum Gasteiger partial charge on any atom is 0.225 e. The summed E-state index contributed by atoms with van der Waals surface area (Å²) in [5.74, 6) is -0.655. The Bertz CT molecular complexity index is 589. The van der Waals surface area contributed by atoms with E-state index in [9.17, 15) is 19.8 Å². The Morgan fingerprint density at radius 3 is 2.78 bits per heavy atom. The summed E-state index contributed by atoms with van der Waals surface area (Å²) in [6.07, 6.45) is 0.223. The highest BCUT2D eigenvalue weighted by Gasteiger charge is 2.33. The second kappa shape index (κ2) is 7.32. The molecule has 0 spiro atoms. The molecule has 3 N–H and O–H groups in total. The fraction of sp³-hybridized carbons (Fsp3) is 0.500. The molecule has 1 saturated heterocycles. The first-order valence-electron chi connectivity index (χ1n) is 7.58. The highest BCUT2D eigenvalue weighted by Crippen LogP contribution is 2.23. The van der Waals surface area contributed by atoms with Gasteiger partial charge in [-0.25, -0.2) is 0 Å². The number of carbonyl (C=O) groups is 2. The summed E-state index contributed by atoms with van der Waals surface area (Å²) in [4.78, 5) is 27.8. The van der Waals surface area contributed by atoms with Gasteiger partial charge in [0.05, 0.1) is 5.92 Å². The number of rotatable bonds is 6. The Labute approximate surface area is 135 Å². The van der Waals surface area contributed by atoms with Crippen LogP contribution in [-0.2, 0) is 16.1 Å². The number of hydrogen-bond acceptors (Lipinski definition) is 5. The minimum Gasteiger partial charge on any atom is -0.508 e. The summed E-state index contributed by atoms with van der Waals surface area (Å²) in [6, 6.07) is 4.22. The molecule has 2 amide bonds. The van der Waals surface area contributed by atoms with Crippen molar-refractivity contribution in [2.75, 3.05) is 33.7 Å². The second-order valence-corrected chi connectivity index (χ2v) is 6.07. The van der Waals surface area contributed by atoms with Gasteiger partial charge in [0.1, 0.15) is 11.5 Å². The quantitative estimate of drug-likeness (QED) is 0.692. The van der Waals surface area contributed by atoms with Crippen molar-refractivity contribution in [3.8, 4) is 11.5 Å². The molecule has 1 aliphatic rings. The molecule has 1 aromatic rings. The van der Waals surface area contributed by atoms with E-state index in [4.69, 9.17) is 0 Å². The summed E-state index contributed by atoms with van der Waals surface area (Å²) in [5.41, 5.74) is 0.518. The fourth-order valence-electron chi connectivity index (χ4n) is 2.51. The molecule has 1 atom stereocenters. The molecule has 0 aliphatic carbocycles. The van der Waals surface area contributed by atoms with E-state index in [0.29, 0.717) is 18.7 Å². The number of phenolic OH excluding ortho intramolecular Hbond substituents is 2. The number of likely N-dealkylation sites (N-methyl/N-ethyl adjacent to an activating group) is 1. The Hall–Kier alpha value is -2.28. The number of benzene rings is 1. The lowest BCUT2D eigenvalue weighted by Gasteiger charge is -2.19. The van der Waals surface area contributed by atoms with Crippen LogP contribution in [0.15, 0.2) is 18.2 Å². The van der Waals surface area contributed by atoms with Crippen LogP contribution in [0.4, 0.5) is 0 Å². The van der Waals surface area contributed by atoms with Crippen molar-refractivity contribution in [1.82, 2.24) is 15.1 Å². The fourth-order valence-corrected chi connectivity index (χ4v) is 2.51. The number of hydrogen-bond donors (Lipinski definition) is 3. The number of nitrogens with zero attached hydrogens (tertiary/aromatic N) is 2. The molecule has 23 heavy (non-hydrogen) atoms. The van der Waals surface area contributed by atoms with E-state index in [0.717, 1.165) is 6.54 Å². The first kappa shape index (κ1) is 17.1. The Morgan fingerprint density at radius 2 is 2.13 bits per heavy atom. The lowest BCUT2D eigenvalue weighted by atomic mass is 10.1. The van der Waals surface area contributed by atoms with Crippen LogP contribution in [0.3, 0.4) is 0 Å². The standard InChI is InChI=1S/C16H23N3O4/c1-18(2)5-6-19-10-12(7-15(19)22)16(23)17-9-11-3-4-13(20)8-14(11)21/h3-4,8,12,20-21H,5-7,9-10H2,1-2H3,(H,17,23)/t12-/m1/s1. The first-order valence-corrected chi connectivity index (χ1v) is 7.58.